The number of anilines is 2. The van der Waals surface area contributed by atoms with Gasteiger partial charge in [0.1, 0.15) is 0 Å². The topological polar surface area (TPSA) is 47.1 Å². The van der Waals surface area contributed by atoms with E-state index in [0.717, 1.165) is 0 Å². The van der Waals surface area contributed by atoms with E-state index in [-0.39, 0.29) is 6.54 Å². The molecule has 0 atom stereocenters. The molecular weight excluding hydrogens is 202 g/mol. The third-order valence-corrected chi connectivity index (χ3v) is 2.22. The van der Waals surface area contributed by atoms with Crippen LogP contribution in [0.15, 0.2) is 0 Å². The summed E-state index contributed by atoms with van der Waals surface area (Å²) in [5.41, 5.74) is 6.93. The van der Waals surface area contributed by atoms with Crippen molar-refractivity contribution in [3.05, 3.63) is 5.69 Å². The molecule has 1 aromatic rings. The summed E-state index contributed by atoms with van der Waals surface area (Å²) in [4.78, 5) is 1.43. The highest BCUT2D eigenvalue weighted by atomic mass is 19.3. The molecule has 0 aliphatic rings. The maximum Gasteiger partial charge on any atom is 0.255 e. The van der Waals surface area contributed by atoms with E-state index >= 15 is 0 Å². The lowest BCUT2D eigenvalue weighted by atomic mass is 10.3. The summed E-state index contributed by atoms with van der Waals surface area (Å²) in [7, 11) is 1.59. The molecule has 0 bridgehead atoms. The van der Waals surface area contributed by atoms with E-state index in [2.05, 4.69) is 5.10 Å². The first-order valence-corrected chi connectivity index (χ1v) is 4.79. The predicted octanol–water partition coefficient (Wildman–Crippen LogP) is 1.49. The first-order valence-electron chi connectivity index (χ1n) is 4.79. The number of nitrogen functional groups attached to an aromatic ring is 1. The molecule has 0 spiro atoms. The average Bonchev–Trinajstić information content (AvgIpc) is 2.41. The van der Waals surface area contributed by atoms with E-state index in [4.69, 9.17) is 5.73 Å². The van der Waals surface area contributed by atoms with Gasteiger partial charge in [0.25, 0.3) is 6.43 Å². The van der Waals surface area contributed by atoms with Crippen molar-refractivity contribution in [2.45, 2.75) is 26.8 Å². The number of hydrogen-bond acceptors (Lipinski definition) is 3. The van der Waals surface area contributed by atoms with Gasteiger partial charge in [-0.2, -0.15) is 5.10 Å². The molecule has 6 heteroatoms. The van der Waals surface area contributed by atoms with Crippen LogP contribution in [0.25, 0.3) is 0 Å². The molecule has 15 heavy (non-hydrogen) atoms. The fourth-order valence-electron chi connectivity index (χ4n) is 1.50. The summed E-state index contributed by atoms with van der Waals surface area (Å²) < 4.78 is 26.1. The van der Waals surface area contributed by atoms with Crippen molar-refractivity contribution in [1.29, 1.82) is 0 Å². The first-order chi connectivity index (χ1) is 6.97. The Labute approximate surface area is 87.7 Å². The highest BCUT2D eigenvalue weighted by molar-refractivity contribution is 5.65. The summed E-state index contributed by atoms with van der Waals surface area (Å²) in [5.74, 6) is 0.565. The van der Waals surface area contributed by atoms with Gasteiger partial charge in [-0.05, 0) is 13.8 Å². The van der Waals surface area contributed by atoms with Crippen LogP contribution in [-0.2, 0) is 6.54 Å². The normalized spacial score (nSPS) is 11.1. The third-order valence-electron chi connectivity index (χ3n) is 2.22. The molecule has 1 rings (SSSR count). The highest BCUT2D eigenvalue weighted by Gasteiger charge is 2.18. The summed E-state index contributed by atoms with van der Waals surface area (Å²) in [6.07, 6.45) is -2.38. The minimum absolute atomic E-state index is 0.338. The third kappa shape index (κ3) is 2.37. The van der Waals surface area contributed by atoms with E-state index in [0.29, 0.717) is 23.7 Å². The Kier molecular flexibility index (Phi) is 3.49. The number of alkyl halides is 2. The van der Waals surface area contributed by atoms with Crippen LogP contribution >= 0.6 is 0 Å². The van der Waals surface area contributed by atoms with Crippen molar-refractivity contribution >= 4 is 11.5 Å². The van der Waals surface area contributed by atoms with Gasteiger partial charge < -0.3 is 10.6 Å². The lowest BCUT2D eigenvalue weighted by Crippen LogP contribution is -2.27. The lowest BCUT2D eigenvalue weighted by Gasteiger charge is -2.20. The first kappa shape index (κ1) is 11.7. The van der Waals surface area contributed by atoms with Crippen LogP contribution < -0.4 is 10.6 Å². The van der Waals surface area contributed by atoms with Gasteiger partial charge in [0.05, 0.1) is 17.9 Å². The highest BCUT2D eigenvalue weighted by Crippen LogP contribution is 2.25. The second kappa shape index (κ2) is 4.46. The molecule has 0 saturated carbocycles. The van der Waals surface area contributed by atoms with Crippen molar-refractivity contribution in [2.75, 3.05) is 24.2 Å². The van der Waals surface area contributed by atoms with Crippen LogP contribution in [-0.4, -0.2) is 29.8 Å². The predicted molar refractivity (Wildman–Crippen MR) is 56.3 cm³/mol. The molecule has 0 amide bonds. The summed E-state index contributed by atoms with van der Waals surface area (Å²) >= 11 is 0. The summed E-state index contributed by atoms with van der Waals surface area (Å²) in [6, 6.07) is 0. The second-order valence-electron chi connectivity index (χ2n) is 3.41. The van der Waals surface area contributed by atoms with E-state index in [1.165, 1.54) is 4.90 Å². The minimum Gasteiger partial charge on any atom is -0.394 e. The van der Waals surface area contributed by atoms with E-state index in [1.54, 1.807) is 18.7 Å². The van der Waals surface area contributed by atoms with Crippen molar-refractivity contribution < 1.29 is 8.78 Å². The van der Waals surface area contributed by atoms with Crippen LogP contribution in [0.4, 0.5) is 20.3 Å². The number of nitrogens with two attached hydrogens (primary N) is 1. The molecule has 1 heterocycles. The molecule has 0 unspecified atom stereocenters. The Balaban J connectivity index is 3.00. The monoisotopic (exact) mass is 218 g/mol. The largest absolute Gasteiger partial charge is 0.394 e. The Hall–Kier alpha value is -1.33. The smallest absolute Gasteiger partial charge is 0.255 e. The van der Waals surface area contributed by atoms with Gasteiger partial charge in [0, 0.05) is 13.6 Å². The molecule has 0 radical (unpaired) electrons. The van der Waals surface area contributed by atoms with Crippen LogP contribution in [0.3, 0.4) is 0 Å². The van der Waals surface area contributed by atoms with Gasteiger partial charge in [0.2, 0.25) is 0 Å². The van der Waals surface area contributed by atoms with Crippen molar-refractivity contribution in [3.8, 4) is 0 Å². The van der Waals surface area contributed by atoms with Crippen LogP contribution in [0.2, 0.25) is 0 Å². The summed E-state index contributed by atoms with van der Waals surface area (Å²) in [5, 5.41) is 4.16. The van der Waals surface area contributed by atoms with Crippen LogP contribution in [0.5, 0.6) is 0 Å². The Morgan fingerprint density at radius 2 is 2.13 bits per heavy atom. The zero-order valence-corrected chi connectivity index (χ0v) is 9.17. The quantitative estimate of drug-likeness (QED) is 0.833. The zero-order chi connectivity index (χ0) is 11.6. The maximum absolute atomic E-state index is 12.2. The molecule has 0 fully saturated rings. The molecule has 86 valence electrons. The number of aromatic nitrogens is 2. The number of halogens is 2. The van der Waals surface area contributed by atoms with E-state index in [1.807, 2.05) is 6.92 Å². The van der Waals surface area contributed by atoms with Gasteiger partial charge in [-0.1, -0.05) is 0 Å². The number of hydrogen-bond donors (Lipinski definition) is 1. The van der Waals surface area contributed by atoms with Gasteiger partial charge in [-0.3, -0.25) is 0 Å². The van der Waals surface area contributed by atoms with Gasteiger partial charge in [-0.25, -0.2) is 13.5 Å². The average molecular weight is 218 g/mol. The van der Waals surface area contributed by atoms with Gasteiger partial charge in [0.15, 0.2) is 5.82 Å². The van der Waals surface area contributed by atoms with Crippen LogP contribution in [0, 0.1) is 6.92 Å². The molecule has 0 aromatic carbocycles. The molecule has 1 aromatic heterocycles. The zero-order valence-electron chi connectivity index (χ0n) is 9.17. The van der Waals surface area contributed by atoms with Gasteiger partial charge in [-0.15, -0.1) is 0 Å². The second-order valence-corrected chi connectivity index (χ2v) is 3.41. The Bertz CT molecular complexity index is 335. The molecule has 2 N–H and O–H groups in total. The SMILES string of the molecule is CCn1nc(C)c(N)c1N(C)CC(F)F. The standard InChI is InChI=1S/C9H16F2N4/c1-4-15-9(8(12)6(2)13-15)14(3)5-7(10)11/h7H,4-5,12H2,1-3H3. The summed E-state index contributed by atoms with van der Waals surface area (Å²) in [6.45, 7) is 3.93. The Morgan fingerprint density at radius 3 is 2.60 bits per heavy atom. The van der Waals surface area contributed by atoms with Crippen molar-refractivity contribution in [1.82, 2.24) is 9.78 Å². The number of aryl methyl sites for hydroxylation is 2. The number of rotatable bonds is 4. The van der Waals surface area contributed by atoms with E-state index in [9.17, 15) is 8.78 Å². The van der Waals surface area contributed by atoms with E-state index < -0.39 is 6.43 Å². The fourth-order valence-corrected chi connectivity index (χ4v) is 1.50. The van der Waals surface area contributed by atoms with Crippen molar-refractivity contribution in [2.24, 2.45) is 0 Å². The molecule has 4 nitrogen and oxygen atoms in total. The fraction of sp³-hybridized carbons (Fsp3) is 0.667. The minimum atomic E-state index is -2.38. The molecule has 0 aliphatic carbocycles. The van der Waals surface area contributed by atoms with Crippen LogP contribution in [0.1, 0.15) is 12.6 Å². The van der Waals surface area contributed by atoms with Gasteiger partial charge >= 0.3 is 0 Å². The lowest BCUT2D eigenvalue weighted by molar-refractivity contribution is 0.156. The molecule has 0 saturated heterocycles. The maximum atomic E-state index is 12.2. The molecule has 0 aliphatic heterocycles. The molecular formula is C9H16F2N4. The Morgan fingerprint density at radius 1 is 1.53 bits per heavy atom. The van der Waals surface area contributed by atoms with Crippen molar-refractivity contribution in [3.63, 3.8) is 0 Å². The number of nitrogens with zero attached hydrogens (tertiary/aromatic N) is 3.